The summed E-state index contributed by atoms with van der Waals surface area (Å²) in [5.74, 6) is 1.20. The van der Waals surface area contributed by atoms with Crippen LogP contribution in [0.4, 0.5) is 4.79 Å². The van der Waals surface area contributed by atoms with Gasteiger partial charge in [-0.2, -0.15) is 0 Å². The van der Waals surface area contributed by atoms with E-state index in [0.29, 0.717) is 18.1 Å². The number of carbonyl (C=O) groups excluding carboxylic acids is 1. The normalized spacial score (nSPS) is 15.5. The monoisotopic (exact) mass is 484 g/mol. The Bertz CT molecular complexity index is 1420. The first-order chi connectivity index (χ1) is 16.6. The van der Waals surface area contributed by atoms with Gasteiger partial charge >= 0.3 is 0 Å². The molecule has 0 spiro atoms. The second kappa shape index (κ2) is 9.83. The third kappa shape index (κ3) is 4.76. The molecular formula is C27H24N4OS2. The van der Waals surface area contributed by atoms with Crippen molar-refractivity contribution in [1.29, 1.82) is 0 Å². The van der Waals surface area contributed by atoms with Gasteiger partial charge in [-0.1, -0.05) is 84.1 Å². The van der Waals surface area contributed by atoms with Crippen molar-refractivity contribution in [1.82, 2.24) is 9.47 Å². The van der Waals surface area contributed by atoms with Crippen molar-refractivity contribution in [3.63, 3.8) is 0 Å². The molecule has 0 unspecified atom stereocenters. The maximum Gasteiger partial charge on any atom is 0.287 e. The number of hydrogen-bond donors (Lipinski definition) is 0. The van der Waals surface area contributed by atoms with Crippen molar-refractivity contribution in [3.05, 3.63) is 106 Å². The van der Waals surface area contributed by atoms with E-state index in [1.807, 2.05) is 30.3 Å². The zero-order chi connectivity index (χ0) is 23.5. The minimum Gasteiger partial charge on any atom is -0.284 e. The van der Waals surface area contributed by atoms with Gasteiger partial charge < -0.3 is 0 Å². The van der Waals surface area contributed by atoms with Gasteiger partial charge in [0, 0.05) is 11.1 Å². The first-order valence-corrected chi connectivity index (χ1v) is 12.9. The quantitative estimate of drug-likeness (QED) is 0.308. The van der Waals surface area contributed by atoms with Gasteiger partial charge in [-0.15, -0.1) is 21.5 Å². The fourth-order valence-corrected chi connectivity index (χ4v) is 5.46. The van der Waals surface area contributed by atoms with Crippen LogP contribution in [0.5, 0.6) is 0 Å². The summed E-state index contributed by atoms with van der Waals surface area (Å²) in [5.41, 5.74) is 6.68. The zero-order valence-corrected chi connectivity index (χ0v) is 20.6. The topological polar surface area (TPSA) is 50.0 Å². The summed E-state index contributed by atoms with van der Waals surface area (Å²) in [6, 6.07) is 26.8. The number of rotatable bonds is 5. The lowest BCUT2D eigenvalue weighted by Gasteiger charge is -2.15. The number of amides is 1. The Hall–Kier alpha value is -3.42. The standard InChI is InChI=1S/C27H24N4OS2/c1-19-11-13-22(14-12-19)24-17-33-26(31(24)23-10-6-7-20(2)15-23)29-28-25-18-34-27(32)30(25)16-21-8-4-3-5-9-21/h3-15,17H,16,18H2,1-2H3/b28-25-,29-26+. The highest BCUT2D eigenvalue weighted by Gasteiger charge is 2.28. The molecule has 170 valence electrons. The molecule has 1 amide bonds. The van der Waals surface area contributed by atoms with E-state index in [1.165, 1.54) is 22.9 Å². The van der Waals surface area contributed by atoms with Crippen LogP contribution in [0.2, 0.25) is 0 Å². The Morgan fingerprint density at radius 2 is 1.68 bits per heavy atom. The van der Waals surface area contributed by atoms with Gasteiger partial charge in [-0.25, -0.2) is 0 Å². The molecule has 0 radical (unpaired) electrons. The molecule has 5 nitrogen and oxygen atoms in total. The first-order valence-electron chi connectivity index (χ1n) is 11.0. The Balaban J connectivity index is 1.58. The number of thioether (sulfide) groups is 1. The number of nitrogens with zero attached hydrogens (tertiary/aromatic N) is 4. The van der Waals surface area contributed by atoms with Crippen molar-refractivity contribution in [2.75, 3.05) is 5.75 Å². The number of carbonyl (C=O) groups is 1. The van der Waals surface area contributed by atoms with Gasteiger partial charge in [0.25, 0.3) is 5.24 Å². The summed E-state index contributed by atoms with van der Waals surface area (Å²) in [4.78, 5) is 15.0. The predicted molar refractivity (Wildman–Crippen MR) is 141 cm³/mol. The summed E-state index contributed by atoms with van der Waals surface area (Å²) in [6.45, 7) is 4.67. The summed E-state index contributed by atoms with van der Waals surface area (Å²) >= 11 is 2.81. The molecule has 1 aromatic heterocycles. The van der Waals surface area contributed by atoms with Crippen molar-refractivity contribution in [2.45, 2.75) is 20.4 Å². The van der Waals surface area contributed by atoms with Gasteiger partial charge in [-0.05, 0) is 42.7 Å². The number of hydrogen-bond acceptors (Lipinski definition) is 5. The van der Waals surface area contributed by atoms with E-state index in [-0.39, 0.29) is 5.24 Å². The minimum atomic E-state index is 0.0101. The van der Waals surface area contributed by atoms with Crippen LogP contribution in [-0.4, -0.2) is 26.3 Å². The lowest BCUT2D eigenvalue weighted by molar-refractivity contribution is 0.244. The number of benzene rings is 3. The highest BCUT2D eigenvalue weighted by atomic mass is 32.2. The maximum atomic E-state index is 12.5. The SMILES string of the molecule is Cc1ccc(-c2cs/c(=N/N=C3/CSC(=O)N3Cc3ccccc3)n2-c2cccc(C)c2)cc1. The highest BCUT2D eigenvalue weighted by molar-refractivity contribution is 8.14. The third-order valence-corrected chi connectivity index (χ3v) is 7.29. The minimum absolute atomic E-state index is 0.0101. The number of aryl methyl sites for hydroxylation is 2. The van der Waals surface area contributed by atoms with Crippen LogP contribution < -0.4 is 4.80 Å². The Morgan fingerprint density at radius 3 is 2.44 bits per heavy atom. The molecule has 1 aliphatic rings. The summed E-state index contributed by atoms with van der Waals surface area (Å²) in [7, 11) is 0. The molecule has 3 aromatic carbocycles. The highest BCUT2D eigenvalue weighted by Crippen LogP contribution is 2.25. The van der Waals surface area contributed by atoms with Crippen LogP contribution in [0.15, 0.2) is 94.4 Å². The molecule has 0 N–H and O–H groups in total. The van der Waals surface area contributed by atoms with Crippen LogP contribution in [0.1, 0.15) is 16.7 Å². The van der Waals surface area contributed by atoms with E-state index in [4.69, 9.17) is 0 Å². The van der Waals surface area contributed by atoms with Crippen molar-refractivity contribution >= 4 is 34.2 Å². The molecule has 1 fully saturated rings. The van der Waals surface area contributed by atoms with Crippen LogP contribution in [-0.2, 0) is 6.54 Å². The van der Waals surface area contributed by atoms with E-state index < -0.39 is 0 Å². The molecule has 1 saturated heterocycles. The van der Waals surface area contributed by atoms with E-state index in [1.54, 1.807) is 16.2 Å². The molecule has 2 heterocycles. The Kier molecular flexibility index (Phi) is 6.47. The Labute approximate surface area is 207 Å². The lowest BCUT2D eigenvalue weighted by Crippen LogP contribution is -2.28. The summed E-state index contributed by atoms with van der Waals surface area (Å²) < 4.78 is 2.14. The summed E-state index contributed by atoms with van der Waals surface area (Å²) in [5, 5.41) is 11.3. The van der Waals surface area contributed by atoms with E-state index in [2.05, 4.69) is 82.5 Å². The summed E-state index contributed by atoms with van der Waals surface area (Å²) in [6.07, 6.45) is 0. The van der Waals surface area contributed by atoms with E-state index in [0.717, 1.165) is 27.3 Å². The molecule has 34 heavy (non-hydrogen) atoms. The van der Waals surface area contributed by atoms with Crippen molar-refractivity contribution < 1.29 is 4.79 Å². The number of thiazole rings is 1. The maximum absolute atomic E-state index is 12.5. The predicted octanol–water partition coefficient (Wildman–Crippen LogP) is 6.41. The van der Waals surface area contributed by atoms with Gasteiger partial charge in [0.05, 0.1) is 18.0 Å². The molecule has 0 atom stereocenters. The van der Waals surface area contributed by atoms with E-state index in [9.17, 15) is 4.79 Å². The first kappa shape index (κ1) is 22.4. The second-order valence-corrected chi connectivity index (χ2v) is 9.95. The van der Waals surface area contributed by atoms with Crippen LogP contribution in [0.3, 0.4) is 0 Å². The zero-order valence-electron chi connectivity index (χ0n) is 19.0. The Morgan fingerprint density at radius 1 is 0.882 bits per heavy atom. The van der Waals surface area contributed by atoms with Crippen LogP contribution in [0, 0.1) is 13.8 Å². The molecule has 0 bridgehead atoms. The molecule has 5 rings (SSSR count). The number of amidine groups is 1. The molecule has 0 saturated carbocycles. The van der Waals surface area contributed by atoms with Gasteiger partial charge in [0.2, 0.25) is 4.80 Å². The smallest absolute Gasteiger partial charge is 0.284 e. The molecule has 7 heteroatoms. The van der Waals surface area contributed by atoms with Crippen molar-refractivity contribution in [3.8, 4) is 16.9 Å². The third-order valence-electron chi connectivity index (χ3n) is 5.61. The molecule has 1 aliphatic heterocycles. The molecule has 4 aromatic rings. The second-order valence-electron chi connectivity index (χ2n) is 8.19. The van der Waals surface area contributed by atoms with Crippen LogP contribution >= 0.6 is 23.1 Å². The fourth-order valence-electron chi connectivity index (χ4n) is 3.82. The molecule has 0 aliphatic carbocycles. The average Bonchev–Trinajstić information content (AvgIpc) is 3.42. The van der Waals surface area contributed by atoms with Crippen molar-refractivity contribution in [2.24, 2.45) is 10.2 Å². The molecular weight excluding hydrogens is 460 g/mol. The largest absolute Gasteiger partial charge is 0.287 e. The van der Waals surface area contributed by atoms with E-state index >= 15 is 0 Å². The van der Waals surface area contributed by atoms with Crippen LogP contribution in [0.25, 0.3) is 16.9 Å². The average molecular weight is 485 g/mol. The van der Waals surface area contributed by atoms with Gasteiger partial charge in [0.1, 0.15) is 5.84 Å². The van der Waals surface area contributed by atoms with Gasteiger partial charge in [0.15, 0.2) is 0 Å². The lowest BCUT2D eigenvalue weighted by atomic mass is 10.1. The fraction of sp³-hybridized carbons (Fsp3) is 0.148. The van der Waals surface area contributed by atoms with Gasteiger partial charge in [-0.3, -0.25) is 14.3 Å². The number of aromatic nitrogens is 1.